The first-order chi connectivity index (χ1) is 26.2. The molecule has 58 heavy (non-hydrogen) atoms. The molecule has 0 aromatic rings. The Morgan fingerprint density at radius 3 is 1.24 bits per heavy atom. The summed E-state index contributed by atoms with van der Waals surface area (Å²) in [5.41, 5.74) is 20.6. The lowest BCUT2D eigenvalue weighted by molar-refractivity contribution is -0.159. The fourth-order valence-electron chi connectivity index (χ4n) is 5.09. The summed E-state index contributed by atoms with van der Waals surface area (Å²) in [6.07, 6.45) is 9.66. The highest BCUT2D eigenvalue weighted by atomic mass is 16.6. The molecule has 0 saturated heterocycles. The van der Waals surface area contributed by atoms with Gasteiger partial charge in [-0.15, -0.1) is 0 Å². The van der Waals surface area contributed by atoms with Crippen LogP contribution in [0, 0.1) is 5.92 Å². The summed E-state index contributed by atoms with van der Waals surface area (Å²) in [6.45, 7) is 28.0. The Bertz CT molecular complexity index is 1200. The summed E-state index contributed by atoms with van der Waals surface area (Å²) < 4.78 is 31.2. The molecule has 0 amide bonds. The molecule has 15 nitrogen and oxygen atoms in total. The van der Waals surface area contributed by atoms with Crippen molar-refractivity contribution in [3.8, 4) is 0 Å². The lowest BCUT2D eigenvalue weighted by Gasteiger charge is -2.25. The van der Waals surface area contributed by atoms with Crippen LogP contribution in [0.15, 0.2) is 0 Å². The summed E-state index contributed by atoms with van der Waals surface area (Å²) in [6, 6.07) is -2.42. The first-order valence-corrected chi connectivity index (χ1v) is 21.0. The smallest absolute Gasteiger partial charge is 0.325 e. The molecule has 2 fully saturated rings. The van der Waals surface area contributed by atoms with Crippen LogP contribution in [-0.4, -0.2) is 95.2 Å². The van der Waals surface area contributed by atoms with Gasteiger partial charge in [-0.2, -0.15) is 0 Å². The molecule has 0 aromatic carbocycles. The van der Waals surface area contributed by atoms with Crippen molar-refractivity contribution in [1.82, 2.24) is 0 Å². The summed E-state index contributed by atoms with van der Waals surface area (Å²) in [5, 5.41) is 0. The third-order valence-corrected chi connectivity index (χ3v) is 7.76. The second-order valence-electron chi connectivity index (χ2n) is 19.5. The zero-order valence-corrected chi connectivity index (χ0v) is 38.8. The third-order valence-electron chi connectivity index (χ3n) is 7.76. The number of carbonyl (C=O) groups is 5. The zero-order chi connectivity index (χ0) is 45.7. The molecule has 15 heteroatoms. The van der Waals surface area contributed by atoms with Crippen molar-refractivity contribution in [2.45, 2.75) is 233 Å². The van der Waals surface area contributed by atoms with Crippen molar-refractivity contribution in [2.75, 3.05) is 6.61 Å². The number of ether oxygens (including phenoxy) is 6. The molecule has 0 aliphatic heterocycles. The van der Waals surface area contributed by atoms with Crippen molar-refractivity contribution >= 4 is 29.8 Å². The van der Waals surface area contributed by atoms with E-state index in [1.165, 1.54) is 12.8 Å². The van der Waals surface area contributed by atoms with Gasteiger partial charge in [-0.25, -0.2) is 0 Å². The zero-order valence-electron chi connectivity index (χ0n) is 38.8. The van der Waals surface area contributed by atoms with Gasteiger partial charge in [0.1, 0.15) is 53.2 Å². The van der Waals surface area contributed by atoms with E-state index < -0.39 is 52.9 Å². The fourth-order valence-corrected chi connectivity index (χ4v) is 5.09. The summed E-state index contributed by atoms with van der Waals surface area (Å²) >= 11 is 0. The Hall–Kier alpha value is -2.85. The van der Waals surface area contributed by atoms with Gasteiger partial charge in [0.25, 0.3) is 0 Å². The average Bonchev–Trinajstić information content (AvgIpc) is 3.75. The van der Waals surface area contributed by atoms with Gasteiger partial charge in [0, 0.05) is 6.42 Å². The standard InChI is InChI=1S/C14H25NO4.C11H23NO3.C10H21NO2.C8H15NO2/c1-14(2,3)19-12(16)9-8-11(15)13(17)18-10-6-4-5-7-10;1-10(2,3)14-7-8(12)9(13)15-11(4,5)6;1-7(2)6-8(11)9(12)13-10(3,4)5;1-6(9)8(10)11-7-4-2-3-5-7/h10-11H,4-9,15H2,1-3H3;8H,7,12H2,1-6H3;7-8H,6,11H2,1-5H3;6-7H,2-5,9H2,1H3/t11-;2*8-;6-/m0000/s1. The lowest BCUT2D eigenvalue weighted by atomic mass is 10.0. The van der Waals surface area contributed by atoms with Gasteiger partial charge in [0.2, 0.25) is 0 Å². The summed E-state index contributed by atoms with van der Waals surface area (Å²) in [7, 11) is 0. The van der Waals surface area contributed by atoms with E-state index in [-0.39, 0.29) is 55.2 Å². The van der Waals surface area contributed by atoms with E-state index >= 15 is 0 Å². The highest BCUT2D eigenvalue weighted by molar-refractivity contribution is 5.78. The predicted octanol–water partition coefficient (Wildman–Crippen LogP) is 5.91. The number of rotatable bonds is 13. The van der Waals surface area contributed by atoms with E-state index in [0.717, 1.165) is 38.5 Å². The van der Waals surface area contributed by atoms with Crippen LogP contribution in [0.25, 0.3) is 0 Å². The molecule has 342 valence electrons. The maximum absolute atomic E-state index is 11.7. The highest BCUT2D eigenvalue weighted by Gasteiger charge is 2.26. The molecule has 2 aliphatic rings. The number of hydrogen-bond donors (Lipinski definition) is 4. The Morgan fingerprint density at radius 2 is 0.897 bits per heavy atom. The number of esters is 5. The fraction of sp³-hybridized carbons (Fsp3) is 0.884. The van der Waals surface area contributed by atoms with Crippen LogP contribution in [-0.2, 0) is 52.4 Å². The van der Waals surface area contributed by atoms with Crippen LogP contribution >= 0.6 is 0 Å². The van der Waals surface area contributed by atoms with Crippen molar-refractivity contribution in [1.29, 1.82) is 0 Å². The number of carbonyl (C=O) groups excluding carboxylic acids is 5. The largest absolute Gasteiger partial charge is 0.461 e. The second-order valence-corrected chi connectivity index (χ2v) is 19.5. The topological polar surface area (TPSA) is 245 Å². The van der Waals surface area contributed by atoms with Crippen LogP contribution < -0.4 is 22.9 Å². The van der Waals surface area contributed by atoms with Gasteiger partial charge < -0.3 is 51.4 Å². The van der Waals surface area contributed by atoms with Gasteiger partial charge in [0.15, 0.2) is 0 Å². The van der Waals surface area contributed by atoms with E-state index in [1.807, 2.05) is 76.2 Å². The minimum atomic E-state index is -0.742. The van der Waals surface area contributed by atoms with Gasteiger partial charge in [0.05, 0.1) is 12.2 Å². The lowest BCUT2D eigenvalue weighted by Crippen LogP contribution is -2.42. The minimum absolute atomic E-state index is 0.0140. The Morgan fingerprint density at radius 1 is 0.517 bits per heavy atom. The number of nitrogens with two attached hydrogens (primary N) is 4. The van der Waals surface area contributed by atoms with Gasteiger partial charge >= 0.3 is 29.8 Å². The monoisotopic (exact) mass is 833 g/mol. The van der Waals surface area contributed by atoms with Gasteiger partial charge in [-0.1, -0.05) is 13.8 Å². The quantitative estimate of drug-likeness (QED) is 0.124. The first-order valence-electron chi connectivity index (χ1n) is 21.0. The minimum Gasteiger partial charge on any atom is -0.461 e. The highest BCUT2D eigenvalue weighted by Crippen LogP contribution is 2.22. The van der Waals surface area contributed by atoms with Crippen LogP contribution in [0.3, 0.4) is 0 Å². The molecule has 0 unspecified atom stereocenters. The third kappa shape index (κ3) is 34.1. The summed E-state index contributed by atoms with van der Waals surface area (Å²) in [5.74, 6) is -1.32. The maximum atomic E-state index is 11.7. The molecule has 0 spiro atoms. The van der Waals surface area contributed by atoms with E-state index in [4.69, 9.17) is 51.4 Å². The molecule has 0 bridgehead atoms. The molecule has 8 N–H and O–H groups in total. The predicted molar refractivity (Wildman–Crippen MR) is 226 cm³/mol. The SMILES string of the molecule is CC(C)(C)OC(=O)CC[C@H](N)C(=O)OC1CCCC1.CC(C)(C)OC[C@H](N)C(=O)OC(C)(C)C.CC(C)C[C@H](N)C(=O)OC(C)(C)C.C[C@H](N)C(=O)OC1CCCC1. The Balaban J connectivity index is 0. The van der Waals surface area contributed by atoms with Crippen molar-refractivity contribution in [3.05, 3.63) is 0 Å². The molecule has 0 heterocycles. The maximum Gasteiger partial charge on any atom is 0.325 e. The van der Waals surface area contributed by atoms with Gasteiger partial charge in [-0.3, -0.25) is 24.0 Å². The molecule has 2 saturated carbocycles. The molecule has 0 radical (unpaired) electrons. The molecule has 2 aliphatic carbocycles. The summed E-state index contributed by atoms with van der Waals surface area (Å²) in [4.78, 5) is 56.9. The first kappa shape index (κ1) is 57.2. The molecular weight excluding hydrogens is 748 g/mol. The molecule has 2 rings (SSSR count). The normalized spacial score (nSPS) is 17.1. The van der Waals surface area contributed by atoms with E-state index in [0.29, 0.717) is 12.3 Å². The van der Waals surface area contributed by atoms with Crippen LogP contribution in [0.1, 0.15) is 174 Å². The van der Waals surface area contributed by atoms with Crippen LogP contribution in [0.4, 0.5) is 0 Å². The van der Waals surface area contributed by atoms with Crippen LogP contribution in [0.2, 0.25) is 0 Å². The average molecular weight is 833 g/mol. The molecule has 0 aromatic heterocycles. The Kier molecular flexibility index (Phi) is 26.7. The second kappa shape index (κ2) is 27.1. The van der Waals surface area contributed by atoms with E-state index in [2.05, 4.69) is 0 Å². The van der Waals surface area contributed by atoms with Crippen LogP contribution in [0.5, 0.6) is 0 Å². The van der Waals surface area contributed by atoms with Crippen molar-refractivity contribution < 1.29 is 52.4 Å². The van der Waals surface area contributed by atoms with Crippen molar-refractivity contribution in [3.63, 3.8) is 0 Å². The number of hydrogen-bond acceptors (Lipinski definition) is 15. The van der Waals surface area contributed by atoms with Crippen molar-refractivity contribution in [2.24, 2.45) is 28.9 Å². The van der Waals surface area contributed by atoms with E-state index in [1.54, 1.807) is 27.7 Å². The van der Waals surface area contributed by atoms with Gasteiger partial charge in [-0.05, 0) is 160 Å². The van der Waals surface area contributed by atoms with E-state index in [9.17, 15) is 24.0 Å². The Labute approximate surface area is 350 Å². The molecule has 4 atom stereocenters. The molecular formula is C43H84N4O11.